The molecule has 3 heteroatoms. The Labute approximate surface area is 136 Å². The molecule has 23 heavy (non-hydrogen) atoms. The lowest BCUT2D eigenvalue weighted by atomic mass is 10.0. The summed E-state index contributed by atoms with van der Waals surface area (Å²) >= 11 is 0. The van der Waals surface area contributed by atoms with E-state index in [1.165, 1.54) is 28.1 Å². The van der Waals surface area contributed by atoms with Crippen molar-refractivity contribution in [1.29, 1.82) is 0 Å². The first kappa shape index (κ1) is 13.8. The van der Waals surface area contributed by atoms with Crippen LogP contribution in [0.15, 0.2) is 66.9 Å². The van der Waals surface area contributed by atoms with Gasteiger partial charge >= 0.3 is 0 Å². The van der Waals surface area contributed by atoms with E-state index in [0.29, 0.717) is 0 Å². The summed E-state index contributed by atoms with van der Waals surface area (Å²) in [6.07, 6.45) is 1.98. The Morgan fingerprint density at radius 1 is 0.957 bits per heavy atom. The molecular weight excluding hydrogens is 282 g/mol. The molecule has 4 rings (SSSR count). The quantitative estimate of drug-likeness (QED) is 0.689. The monoisotopic (exact) mass is 301 g/mol. The summed E-state index contributed by atoms with van der Waals surface area (Å²) in [5, 5.41) is 0. The van der Waals surface area contributed by atoms with Crippen molar-refractivity contribution < 1.29 is 0 Å². The molecule has 0 unspecified atom stereocenters. The molecule has 114 valence electrons. The van der Waals surface area contributed by atoms with Gasteiger partial charge in [0.2, 0.25) is 0 Å². The maximum Gasteiger partial charge on any atom is 0.158 e. The highest BCUT2D eigenvalue weighted by atomic mass is 15.4. The summed E-state index contributed by atoms with van der Waals surface area (Å²) in [7, 11) is 2.12. The van der Waals surface area contributed by atoms with Crippen LogP contribution in [0.3, 0.4) is 0 Å². The van der Waals surface area contributed by atoms with Crippen LogP contribution in [-0.2, 0) is 0 Å². The highest BCUT2D eigenvalue weighted by Crippen LogP contribution is 2.40. The van der Waals surface area contributed by atoms with E-state index in [2.05, 4.69) is 78.4 Å². The number of para-hydroxylation sites is 1. The van der Waals surface area contributed by atoms with Gasteiger partial charge in [-0.25, -0.2) is 4.98 Å². The Kier molecular flexibility index (Phi) is 3.27. The summed E-state index contributed by atoms with van der Waals surface area (Å²) in [5.74, 6) is 1.02. The van der Waals surface area contributed by atoms with Gasteiger partial charge in [0.05, 0.1) is 12.4 Å². The van der Waals surface area contributed by atoms with Crippen LogP contribution in [0.2, 0.25) is 0 Å². The van der Waals surface area contributed by atoms with Gasteiger partial charge in [-0.15, -0.1) is 0 Å². The smallest absolute Gasteiger partial charge is 0.158 e. The van der Waals surface area contributed by atoms with Gasteiger partial charge in [0, 0.05) is 24.5 Å². The first-order valence-corrected chi connectivity index (χ1v) is 7.84. The Morgan fingerprint density at radius 2 is 1.70 bits per heavy atom. The molecule has 0 aliphatic carbocycles. The molecule has 0 saturated carbocycles. The number of aryl methyl sites for hydroxylation is 1. The molecule has 0 radical (unpaired) electrons. The zero-order chi connectivity index (χ0) is 15.8. The highest BCUT2D eigenvalue weighted by molar-refractivity contribution is 5.83. The molecule has 1 aromatic heterocycles. The largest absolute Gasteiger partial charge is 0.353 e. The van der Waals surface area contributed by atoms with Crippen molar-refractivity contribution in [2.75, 3.05) is 23.5 Å². The molecule has 0 atom stereocenters. The Morgan fingerprint density at radius 3 is 2.48 bits per heavy atom. The van der Waals surface area contributed by atoms with Crippen molar-refractivity contribution in [3.63, 3.8) is 0 Å². The van der Waals surface area contributed by atoms with Crippen LogP contribution in [0.25, 0.3) is 11.1 Å². The number of anilines is 3. The summed E-state index contributed by atoms with van der Waals surface area (Å²) < 4.78 is 0. The maximum absolute atomic E-state index is 4.77. The average Bonchev–Trinajstić information content (AvgIpc) is 2.93. The minimum atomic E-state index is 0.823. The second-order valence-electron chi connectivity index (χ2n) is 5.98. The minimum absolute atomic E-state index is 0.823. The zero-order valence-corrected chi connectivity index (χ0v) is 13.4. The molecule has 2 aromatic carbocycles. The van der Waals surface area contributed by atoms with Gasteiger partial charge in [-0.3, -0.25) is 0 Å². The Hall–Kier alpha value is -2.81. The molecule has 0 N–H and O–H groups in total. The van der Waals surface area contributed by atoms with E-state index in [1.807, 2.05) is 12.3 Å². The lowest BCUT2D eigenvalue weighted by Crippen LogP contribution is -2.24. The lowest BCUT2D eigenvalue weighted by molar-refractivity contribution is 0.944. The van der Waals surface area contributed by atoms with Crippen LogP contribution in [0.5, 0.6) is 0 Å². The fourth-order valence-electron chi connectivity index (χ4n) is 3.15. The third-order valence-corrected chi connectivity index (χ3v) is 4.39. The molecule has 1 aliphatic rings. The van der Waals surface area contributed by atoms with Crippen LogP contribution in [0, 0.1) is 6.92 Å². The summed E-state index contributed by atoms with van der Waals surface area (Å²) in [6, 6.07) is 21.1. The average molecular weight is 301 g/mol. The number of pyridine rings is 1. The van der Waals surface area contributed by atoms with E-state index >= 15 is 0 Å². The molecule has 3 nitrogen and oxygen atoms in total. The lowest BCUT2D eigenvalue weighted by Gasteiger charge is -2.18. The van der Waals surface area contributed by atoms with Crippen molar-refractivity contribution in [3.05, 3.63) is 72.4 Å². The van der Waals surface area contributed by atoms with E-state index in [4.69, 9.17) is 4.98 Å². The maximum atomic E-state index is 4.77. The third-order valence-electron chi connectivity index (χ3n) is 4.39. The normalized spacial score (nSPS) is 13.3. The fourth-order valence-corrected chi connectivity index (χ4v) is 3.15. The predicted octanol–water partition coefficient (Wildman–Crippen LogP) is 4.60. The van der Waals surface area contributed by atoms with Crippen molar-refractivity contribution in [2.45, 2.75) is 6.92 Å². The number of benzene rings is 2. The van der Waals surface area contributed by atoms with Crippen LogP contribution >= 0.6 is 0 Å². The summed E-state index contributed by atoms with van der Waals surface area (Å²) in [6.45, 7) is 2.96. The zero-order valence-electron chi connectivity index (χ0n) is 13.4. The number of hydrogen-bond acceptors (Lipinski definition) is 3. The fraction of sp³-hybridized carbons (Fsp3) is 0.150. The first-order valence-electron chi connectivity index (χ1n) is 7.84. The minimum Gasteiger partial charge on any atom is -0.353 e. The molecule has 0 fully saturated rings. The molecule has 3 aromatic rings. The molecule has 0 spiro atoms. The first-order chi connectivity index (χ1) is 11.2. The van der Waals surface area contributed by atoms with Crippen molar-refractivity contribution >= 4 is 17.2 Å². The molecule has 2 heterocycles. The van der Waals surface area contributed by atoms with Gasteiger partial charge in [-0.2, -0.15) is 0 Å². The van der Waals surface area contributed by atoms with Crippen LogP contribution in [0.4, 0.5) is 17.2 Å². The number of rotatable bonds is 2. The Bertz CT molecular complexity index is 843. The van der Waals surface area contributed by atoms with Gasteiger partial charge in [0.25, 0.3) is 0 Å². The van der Waals surface area contributed by atoms with Crippen molar-refractivity contribution in [1.82, 2.24) is 4.98 Å². The second kappa shape index (κ2) is 5.43. The van der Waals surface area contributed by atoms with E-state index in [-0.39, 0.29) is 0 Å². The molecule has 0 amide bonds. The number of hydrogen-bond donors (Lipinski definition) is 0. The number of fused-ring (bicyclic) bond motifs is 1. The van der Waals surface area contributed by atoms with Crippen LogP contribution in [-0.4, -0.2) is 18.7 Å². The number of aromatic nitrogens is 1. The van der Waals surface area contributed by atoms with E-state index in [1.54, 1.807) is 0 Å². The molecule has 0 saturated heterocycles. The third kappa shape index (κ3) is 2.34. The molecule has 1 aliphatic heterocycles. The molecule has 0 bridgehead atoms. The second-order valence-corrected chi connectivity index (χ2v) is 5.98. The number of nitrogens with zero attached hydrogens (tertiary/aromatic N) is 3. The van der Waals surface area contributed by atoms with Gasteiger partial charge in [-0.05, 0) is 36.2 Å². The van der Waals surface area contributed by atoms with Gasteiger partial charge in [0.1, 0.15) is 0 Å². The Balaban J connectivity index is 1.78. The van der Waals surface area contributed by atoms with E-state index < -0.39 is 0 Å². The predicted molar refractivity (Wildman–Crippen MR) is 96.3 cm³/mol. The highest BCUT2D eigenvalue weighted by Gasteiger charge is 2.26. The van der Waals surface area contributed by atoms with E-state index in [0.717, 1.165) is 12.5 Å². The van der Waals surface area contributed by atoms with E-state index in [9.17, 15) is 0 Å². The topological polar surface area (TPSA) is 19.4 Å². The van der Waals surface area contributed by atoms with Gasteiger partial charge < -0.3 is 9.80 Å². The standard InChI is InChI=1S/C20H19N3/c1-15-8-6-7-11-18(15)16-12-19-20(21-13-16)23(14-22(19)2)17-9-4-3-5-10-17/h3-13H,14H2,1-2H3. The summed E-state index contributed by atoms with van der Waals surface area (Å²) in [4.78, 5) is 9.26. The summed E-state index contributed by atoms with van der Waals surface area (Å²) in [5.41, 5.74) is 6.04. The van der Waals surface area contributed by atoms with Gasteiger partial charge in [-0.1, -0.05) is 42.5 Å². The van der Waals surface area contributed by atoms with Crippen molar-refractivity contribution in [2.24, 2.45) is 0 Å². The van der Waals surface area contributed by atoms with Crippen LogP contribution < -0.4 is 9.80 Å². The molecular formula is C20H19N3. The van der Waals surface area contributed by atoms with Crippen molar-refractivity contribution in [3.8, 4) is 11.1 Å². The SMILES string of the molecule is Cc1ccccc1-c1cnc2c(c1)N(C)CN2c1ccccc1. The van der Waals surface area contributed by atoms with Crippen LogP contribution in [0.1, 0.15) is 5.56 Å². The van der Waals surface area contributed by atoms with Gasteiger partial charge in [0.15, 0.2) is 5.82 Å².